The van der Waals surface area contributed by atoms with Gasteiger partial charge in [0.1, 0.15) is 5.75 Å². The highest BCUT2D eigenvalue weighted by atomic mass is 16.5. The molecule has 1 aromatic carbocycles. The Labute approximate surface area is 102 Å². The second kappa shape index (κ2) is 3.49. The number of aliphatic hydroxyl groups excluding tert-OH is 1. The molecule has 1 N–H and O–H groups in total. The van der Waals surface area contributed by atoms with Crippen molar-refractivity contribution in [3.05, 3.63) is 29.3 Å². The molecule has 3 unspecified atom stereocenters. The number of hydrogen-bond donors (Lipinski definition) is 1. The van der Waals surface area contributed by atoms with Gasteiger partial charge in [-0.25, -0.2) is 0 Å². The van der Waals surface area contributed by atoms with E-state index in [1.54, 1.807) is 0 Å². The predicted octanol–water partition coefficient (Wildman–Crippen LogP) is 2.70. The lowest BCUT2D eigenvalue weighted by Gasteiger charge is -2.20. The monoisotopic (exact) mass is 230 g/mol. The maximum Gasteiger partial charge on any atom is 0.122 e. The molecule has 2 fully saturated rings. The first-order chi connectivity index (χ1) is 8.31. The summed E-state index contributed by atoms with van der Waals surface area (Å²) in [4.78, 5) is 0. The Balaban J connectivity index is 1.57. The molecule has 0 radical (unpaired) electrons. The zero-order valence-electron chi connectivity index (χ0n) is 9.93. The standard InChI is InChI=1S/C15H18O2/c16-15(13-7-11-6-12(11)8-13)10-1-2-14-9(5-10)3-4-17-14/h1-2,5,11-13,15-16H,3-4,6-8H2. The Morgan fingerprint density at radius 3 is 2.82 bits per heavy atom. The fourth-order valence-electron chi connectivity index (χ4n) is 3.68. The summed E-state index contributed by atoms with van der Waals surface area (Å²) in [7, 11) is 0. The van der Waals surface area contributed by atoms with Crippen LogP contribution in [0.3, 0.4) is 0 Å². The van der Waals surface area contributed by atoms with Crippen LogP contribution in [-0.2, 0) is 6.42 Å². The smallest absolute Gasteiger partial charge is 0.122 e. The van der Waals surface area contributed by atoms with Gasteiger partial charge >= 0.3 is 0 Å². The van der Waals surface area contributed by atoms with Gasteiger partial charge in [0.15, 0.2) is 0 Å². The lowest BCUT2D eigenvalue weighted by molar-refractivity contribution is 0.104. The molecular formula is C15H18O2. The van der Waals surface area contributed by atoms with Crippen LogP contribution >= 0.6 is 0 Å². The summed E-state index contributed by atoms with van der Waals surface area (Å²) in [6.07, 6.45) is 4.63. The number of hydrogen-bond acceptors (Lipinski definition) is 2. The topological polar surface area (TPSA) is 29.5 Å². The van der Waals surface area contributed by atoms with E-state index in [0.29, 0.717) is 5.92 Å². The van der Waals surface area contributed by atoms with Gasteiger partial charge in [-0.05, 0) is 60.3 Å². The predicted molar refractivity (Wildman–Crippen MR) is 64.9 cm³/mol. The molecule has 4 rings (SSSR count). The van der Waals surface area contributed by atoms with Gasteiger partial charge in [-0.15, -0.1) is 0 Å². The van der Waals surface area contributed by atoms with Gasteiger partial charge in [0.05, 0.1) is 12.7 Å². The molecule has 0 bridgehead atoms. The summed E-state index contributed by atoms with van der Waals surface area (Å²) in [6.45, 7) is 0.794. The molecule has 1 aromatic rings. The van der Waals surface area contributed by atoms with E-state index in [0.717, 1.165) is 36.2 Å². The lowest BCUT2D eigenvalue weighted by Crippen LogP contribution is -2.11. The molecule has 3 atom stereocenters. The summed E-state index contributed by atoms with van der Waals surface area (Å²) >= 11 is 0. The van der Waals surface area contributed by atoms with Gasteiger partial charge in [-0.1, -0.05) is 6.07 Å². The Kier molecular flexibility index (Phi) is 2.04. The van der Waals surface area contributed by atoms with Crippen LogP contribution in [-0.4, -0.2) is 11.7 Å². The van der Waals surface area contributed by atoms with Crippen molar-refractivity contribution in [3.8, 4) is 5.75 Å². The average molecular weight is 230 g/mol. The third kappa shape index (κ3) is 1.58. The van der Waals surface area contributed by atoms with E-state index >= 15 is 0 Å². The minimum atomic E-state index is -0.256. The van der Waals surface area contributed by atoms with Crippen molar-refractivity contribution in [1.82, 2.24) is 0 Å². The molecule has 0 spiro atoms. The summed E-state index contributed by atoms with van der Waals surface area (Å²) in [5.41, 5.74) is 2.37. The van der Waals surface area contributed by atoms with Crippen molar-refractivity contribution in [2.45, 2.75) is 31.8 Å². The molecule has 0 aromatic heterocycles. The second-order valence-corrected chi connectivity index (χ2v) is 5.90. The van der Waals surface area contributed by atoms with E-state index in [-0.39, 0.29) is 6.10 Å². The normalized spacial score (nSPS) is 35.0. The first-order valence-electron chi connectivity index (χ1n) is 6.75. The highest BCUT2D eigenvalue weighted by Gasteiger charge is 2.47. The van der Waals surface area contributed by atoms with Crippen LogP contribution in [0.5, 0.6) is 5.75 Å². The summed E-state index contributed by atoms with van der Waals surface area (Å²) in [5.74, 6) is 3.38. The molecule has 1 heterocycles. The summed E-state index contributed by atoms with van der Waals surface area (Å²) in [5, 5.41) is 10.4. The number of aliphatic hydroxyl groups is 1. The molecule has 2 heteroatoms. The molecule has 3 aliphatic rings. The van der Waals surface area contributed by atoms with E-state index < -0.39 is 0 Å². The quantitative estimate of drug-likeness (QED) is 0.846. The van der Waals surface area contributed by atoms with Crippen molar-refractivity contribution in [2.24, 2.45) is 17.8 Å². The number of fused-ring (bicyclic) bond motifs is 2. The van der Waals surface area contributed by atoms with Gasteiger partial charge in [0.25, 0.3) is 0 Å². The molecule has 1 aliphatic heterocycles. The zero-order valence-corrected chi connectivity index (χ0v) is 9.93. The van der Waals surface area contributed by atoms with Crippen LogP contribution in [0, 0.1) is 17.8 Å². The second-order valence-electron chi connectivity index (χ2n) is 5.90. The molecule has 0 saturated heterocycles. The Morgan fingerprint density at radius 2 is 2.00 bits per heavy atom. The minimum Gasteiger partial charge on any atom is -0.493 e. The highest BCUT2D eigenvalue weighted by Crippen LogP contribution is 2.57. The fraction of sp³-hybridized carbons (Fsp3) is 0.600. The molecule has 2 nitrogen and oxygen atoms in total. The Bertz CT molecular complexity index is 444. The average Bonchev–Trinajstić information content (AvgIpc) is 2.82. The van der Waals surface area contributed by atoms with Crippen molar-refractivity contribution in [3.63, 3.8) is 0 Å². The van der Waals surface area contributed by atoms with Crippen LogP contribution in [0.2, 0.25) is 0 Å². The SMILES string of the molecule is OC(c1ccc2c(c1)CCO2)C1CC2CC2C1. The van der Waals surface area contributed by atoms with E-state index in [1.807, 2.05) is 12.1 Å². The van der Waals surface area contributed by atoms with Crippen molar-refractivity contribution in [2.75, 3.05) is 6.61 Å². The molecule has 90 valence electrons. The summed E-state index contributed by atoms with van der Waals surface area (Å²) in [6, 6.07) is 6.21. The van der Waals surface area contributed by atoms with Crippen molar-refractivity contribution >= 4 is 0 Å². The maximum absolute atomic E-state index is 10.4. The van der Waals surface area contributed by atoms with Gasteiger partial charge in [0.2, 0.25) is 0 Å². The lowest BCUT2D eigenvalue weighted by atomic mass is 9.90. The van der Waals surface area contributed by atoms with Crippen LogP contribution < -0.4 is 4.74 Å². The van der Waals surface area contributed by atoms with Crippen LogP contribution in [0.4, 0.5) is 0 Å². The van der Waals surface area contributed by atoms with Crippen molar-refractivity contribution in [1.29, 1.82) is 0 Å². The van der Waals surface area contributed by atoms with Crippen LogP contribution in [0.1, 0.15) is 36.5 Å². The van der Waals surface area contributed by atoms with E-state index in [2.05, 4.69) is 6.07 Å². The van der Waals surface area contributed by atoms with Crippen LogP contribution in [0.25, 0.3) is 0 Å². The van der Waals surface area contributed by atoms with E-state index in [1.165, 1.54) is 24.8 Å². The first-order valence-corrected chi connectivity index (χ1v) is 6.75. The molecular weight excluding hydrogens is 212 g/mol. The molecule has 2 aliphatic carbocycles. The highest BCUT2D eigenvalue weighted by molar-refractivity contribution is 5.40. The minimum absolute atomic E-state index is 0.256. The number of rotatable bonds is 2. The molecule has 0 amide bonds. The fourth-order valence-corrected chi connectivity index (χ4v) is 3.68. The third-order valence-electron chi connectivity index (χ3n) is 4.78. The summed E-state index contributed by atoms with van der Waals surface area (Å²) < 4.78 is 5.50. The van der Waals surface area contributed by atoms with E-state index in [4.69, 9.17) is 4.74 Å². The maximum atomic E-state index is 10.4. The van der Waals surface area contributed by atoms with Gasteiger partial charge in [-0.3, -0.25) is 0 Å². The Morgan fingerprint density at radius 1 is 1.18 bits per heavy atom. The zero-order chi connectivity index (χ0) is 11.4. The molecule has 2 saturated carbocycles. The number of ether oxygens (including phenoxy) is 1. The number of benzene rings is 1. The third-order valence-corrected chi connectivity index (χ3v) is 4.78. The van der Waals surface area contributed by atoms with Crippen molar-refractivity contribution < 1.29 is 9.84 Å². The first kappa shape index (κ1) is 9.95. The Hall–Kier alpha value is -1.02. The van der Waals surface area contributed by atoms with Crippen LogP contribution in [0.15, 0.2) is 18.2 Å². The van der Waals surface area contributed by atoms with Gasteiger partial charge < -0.3 is 9.84 Å². The van der Waals surface area contributed by atoms with Gasteiger partial charge in [-0.2, -0.15) is 0 Å². The largest absolute Gasteiger partial charge is 0.493 e. The molecule has 17 heavy (non-hydrogen) atoms. The van der Waals surface area contributed by atoms with Gasteiger partial charge in [0, 0.05) is 6.42 Å². The van der Waals surface area contributed by atoms with E-state index in [9.17, 15) is 5.11 Å².